The van der Waals surface area contributed by atoms with Gasteiger partial charge in [0.05, 0.1) is 12.3 Å². The third kappa shape index (κ3) is 4.02. The van der Waals surface area contributed by atoms with Crippen LogP contribution in [0.15, 0.2) is 67.0 Å². The zero-order valence-electron chi connectivity index (χ0n) is 12.2. The summed E-state index contributed by atoms with van der Waals surface area (Å²) in [6, 6.07) is 12.6. The van der Waals surface area contributed by atoms with Crippen molar-refractivity contribution in [2.24, 2.45) is 0 Å². The van der Waals surface area contributed by atoms with E-state index >= 15 is 0 Å². The van der Waals surface area contributed by atoms with Gasteiger partial charge in [-0.3, -0.25) is 14.7 Å². The van der Waals surface area contributed by atoms with Crippen LogP contribution < -0.4 is 4.90 Å². The lowest BCUT2D eigenvalue weighted by Crippen LogP contribution is -2.24. The van der Waals surface area contributed by atoms with E-state index in [1.165, 1.54) is 11.0 Å². The van der Waals surface area contributed by atoms with Crippen molar-refractivity contribution in [2.75, 3.05) is 11.5 Å². The summed E-state index contributed by atoms with van der Waals surface area (Å²) in [5.74, 6) is -0.885. The lowest BCUT2D eigenvalue weighted by Gasteiger charge is -2.21. The van der Waals surface area contributed by atoms with E-state index in [2.05, 4.69) is 4.98 Å². The number of carbonyl (C=O) groups excluding carboxylic acids is 2. The average molecular weight is 296 g/mol. The number of benzene rings is 1. The SMILES string of the molecule is CCOC(=O)/C=C/C(=O)N(c1ccccc1)c1ccncc1. The molecule has 0 saturated heterocycles. The normalized spacial score (nSPS) is 10.4. The Morgan fingerprint density at radius 1 is 1.05 bits per heavy atom. The molecule has 112 valence electrons. The summed E-state index contributed by atoms with van der Waals surface area (Å²) in [5, 5.41) is 0. The van der Waals surface area contributed by atoms with Gasteiger partial charge in [0.15, 0.2) is 0 Å². The summed E-state index contributed by atoms with van der Waals surface area (Å²) in [6.45, 7) is 1.98. The molecule has 2 aromatic rings. The van der Waals surface area contributed by atoms with Crippen LogP contribution in [0.2, 0.25) is 0 Å². The number of amides is 1. The quantitative estimate of drug-likeness (QED) is 0.629. The predicted octanol–water partition coefficient (Wildman–Crippen LogP) is 2.87. The first kappa shape index (κ1) is 15.4. The molecular formula is C17H16N2O3. The molecule has 0 unspecified atom stereocenters. The highest BCUT2D eigenvalue weighted by Gasteiger charge is 2.15. The fourth-order valence-corrected chi connectivity index (χ4v) is 1.88. The summed E-state index contributed by atoms with van der Waals surface area (Å²) in [7, 11) is 0. The van der Waals surface area contributed by atoms with Gasteiger partial charge in [0.25, 0.3) is 5.91 Å². The molecule has 0 fully saturated rings. The number of anilines is 2. The maximum atomic E-state index is 12.5. The van der Waals surface area contributed by atoms with Gasteiger partial charge in [-0.25, -0.2) is 4.79 Å². The Labute approximate surface area is 128 Å². The Balaban J connectivity index is 2.29. The van der Waals surface area contributed by atoms with Gasteiger partial charge >= 0.3 is 5.97 Å². The molecule has 0 radical (unpaired) electrons. The summed E-state index contributed by atoms with van der Waals surface area (Å²) in [6.07, 6.45) is 5.54. The molecular weight excluding hydrogens is 280 g/mol. The number of aromatic nitrogens is 1. The van der Waals surface area contributed by atoms with Crippen molar-refractivity contribution in [3.8, 4) is 0 Å². The molecule has 1 aromatic carbocycles. The molecule has 0 N–H and O–H groups in total. The Hall–Kier alpha value is -2.95. The second kappa shape index (κ2) is 7.73. The molecule has 1 amide bonds. The van der Waals surface area contributed by atoms with E-state index in [4.69, 9.17) is 4.74 Å². The van der Waals surface area contributed by atoms with Crippen LogP contribution in [-0.4, -0.2) is 23.5 Å². The first-order chi connectivity index (χ1) is 10.7. The third-order valence-corrected chi connectivity index (χ3v) is 2.80. The Morgan fingerprint density at radius 3 is 2.32 bits per heavy atom. The topological polar surface area (TPSA) is 59.5 Å². The van der Waals surface area contributed by atoms with Gasteiger partial charge in [0, 0.05) is 30.2 Å². The minimum Gasteiger partial charge on any atom is -0.463 e. The lowest BCUT2D eigenvalue weighted by molar-refractivity contribution is -0.137. The number of hydrogen-bond donors (Lipinski definition) is 0. The van der Waals surface area contributed by atoms with Gasteiger partial charge < -0.3 is 4.74 Å². The molecule has 0 bridgehead atoms. The molecule has 0 aliphatic heterocycles. The van der Waals surface area contributed by atoms with Crippen molar-refractivity contribution in [1.82, 2.24) is 4.98 Å². The average Bonchev–Trinajstić information content (AvgIpc) is 2.55. The highest BCUT2D eigenvalue weighted by Crippen LogP contribution is 2.24. The van der Waals surface area contributed by atoms with Crippen LogP contribution in [0.1, 0.15) is 6.92 Å². The van der Waals surface area contributed by atoms with Crippen LogP contribution >= 0.6 is 0 Å². The molecule has 0 aliphatic rings. The minimum atomic E-state index is -0.543. The summed E-state index contributed by atoms with van der Waals surface area (Å²) >= 11 is 0. The first-order valence-electron chi connectivity index (χ1n) is 6.86. The van der Waals surface area contributed by atoms with Gasteiger partial charge in [-0.15, -0.1) is 0 Å². The van der Waals surface area contributed by atoms with E-state index in [0.717, 1.165) is 6.08 Å². The highest BCUT2D eigenvalue weighted by atomic mass is 16.5. The highest BCUT2D eigenvalue weighted by molar-refractivity contribution is 6.08. The van der Waals surface area contributed by atoms with Crippen LogP contribution in [0.4, 0.5) is 11.4 Å². The molecule has 5 heteroatoms. The number of para-hydroxylation sites is 1. The minimum absolute atomic E-state index is 0.268. The van der Waals surface area contributed by atoms with Crippen molar-refractivity contribution in [2.45, 2.75) is 6.92 Å². The zero-order chi connectivity index (χ0) is 15.8. The smallest absolute Gasteiger partial charge is 0.330 e. The number of ether oxygens (including phenoxy) is 1. The maximum absolute atomic E-state index is 12.5. The molecule has 0 saturated carbocycles. The van der Waals surface area contributed by atoms with Gasteiger partial charge in [-0.1, -0.05) is 18.2 Å². The van der Waals surface area contributed by atoms with Crippen LogP contribution in [0.25, 0.3) is 0 Å². The number of carbonyl (C=O) groups is 2. The Morgan fingerprint density at radius 2 is 1.68 bits per heavy atom. The number of esters is 1. The summed E-state index contributed by atoms with van der Waals surface area (Å²) in [4.78, 5) is 29.3. The standard InChI is InChI=1S/C17H16N2O3/c1-2-22-17(21)9-8-16(20)19(14-6-4-3-5-7-14)15-10-12-18-13-11-15/h3-13H,2H2,1H3/b9-8+. The van der Waals surface area contributed by atoms with E-state index in [9.17, 15) is 9.59 Å². The lowest BCUT2D eigenvalue weighted by atomic mass is 10.2. The second-order valence-corrected chi connectivity index (χ2v) is 4.30. The number of hydrogen-bond acceptors (Lipinski definition) is 4. The molecule has 22 heavy (non-hydrogen) atoms. The van der Waals surface area contributed by atoms with Crippen molar-refractivity contribution >= 4 is 23.3 Å². The monoisotopic (exact) mass is 296 g/mol. The predicted molar refractivity (Wildman–Crippen MR) is 83.6 cm³/mol. The van der Waals surface area contributed by atoms with E-state index < -0.39 is 5.97 Å². The second-order valence-electron chi connectivity index (χ2n) is 4.30. The maximum Gasteiger partial charge on any atom is 0.330 e. The van der Waals surface area contributed by atoms with Crippen LogP contribution in [0, 0.1) is 0 Å². The van der Waals surface area contributed by atoms with Crippen molar-refractivity contribution in [3.63, 3.8) is 0 Å². The van der Waals surface area contributed by atoms with Crippen LogP contribution in [-0.2, 0) is 14.3 Å². The molecule has 1 heterocycles. The first-order valence-corrected chi connectivity index (χ1v) is 6.86. The molecule has 0 atom stereocenters. The van der Waals surface area contributed by atoms with Crippen LogP contribution in [0.5, 0.6) is 0 Å². The molecule has 0 aliphatic carbocycles. The molecule has 5 nitrogen and oxygen atoms in total. The molecule has 0 spiro atoms. The third-order valence-electron chi connectivity index (χ3n) is 2.80. The van der Waals surface area contributed by atoms with Gasteiger partial charge in [0.1, 0.15) is 0 Å². The van der Waals surface area contributed by atoms with E-state index in [0.29, 0.717) is 11.4 Å². The van der Waals surface area contributed by atoms with E-state index in [1.54, 1.807) is 31.5 Å². The van der Waals surface area contributed by atoms with Gasteiger partial charge in [-0.05, 0) is 31.2 Å². The summed E-state index contributed by atoms with van der Waals surface area (Å²) in [5.41, 5.74) is 1.37. The van der Waals surface area contributed by atoms with Crippen molar-refractivity contribution < 1.29 is 14.3 Å². The largest absolute Gasteiger partial charge is 0.463 e. The fourth-order valence-electron chi connectivity index (χ4n) is 1.88. The van der Waals surface area contributed by atoms with Crippen molar-refractivity contribution in [1.29, 1.82) is 0 Å². The van der Waals surface area contributed by atoms with Crippen LogP contribution in [0.3, 0.4) is 0 Å². The fraction of sp³-hybridized carbons (Fsp3) is 0.118. The Bertz CT molecular complexity index is 615. The Kier molecular flexibility index (Phi) is 5.43. The van der Waals surface area contributed by atoms with Crippen molar-refractivity contribution in [3.05, 3.63) is 67.0 Å². The van der Waals surface area contributed by atoms with E-state index in [1.807, 2.05) is 30.3 Å². The molecule has 2 rings (SSSR count). The number of pyridine rings is 1. The van der Waals surface area contributed by atoms with Gasteiger partial charge in [0.2, 0.25) is 0 Å². The van der Waals surface area contributed by atoms with E-state index in [-0.39, 0.29) is 12.5 Å². The number of rotatable bonds is 5. The summed E-state index contributed by atoms with van der Waals surface area (Å²) < 4.78 is 4.78. The zero-order valence-corrected chi connectivity index (χ0v) is 12.2. The molecule has 1 aromatic heterocycles. The number of nitrogens with zero attached hydrogens (tertiary/aromatic N) is 2. The van der Waals surface area contributed by atoms with Gasteiger partial charge in [-0.2, -0.15) is 0 Å².